The van der Waals surface area contributed by atoms with Crippen LogP contribution in [0.15, 0.2) is 11.6 Å². The first-order chi connectivity index (χ1) is 8.84. The number of hydrogen-bond donors (Lipinski definition) is 0. The Balaban J connectivity index is 2.42. The van der Waals surface area contributed by atoms with Crippen LogP contribution in [-0.2, 0) is 19.1 Å². The number of hydrogen-bond acceptors (Lipinski definition) is 4. The molecule has 0 heterocycles. The first-order valence-electron chi connectivity index (χ1n) is 6.88. The lowest BCUT2D eigenvalue weighted by molar-refractivity contribution is -0.160. The van der Waals surface area contributed by atoms with Gasteiger partial charge in [-0.2, -0.15) is 0 Å². The first-order valence-corrected chi connectivity index (χ1v) is 6.88. The van der Waals surface area contributed by atoms with Gasteiger partial charge in [-0.1, -0.05) is 26.8 Å². The molecule has 0 saturated carbocycles. The lowest BCUT2D eigenvalue weighted by Gasteiger charge is -2.32. The Morgan fingerprint density at radius 2 is 2.05 bits per heavy atom. The number of rotatable bonds is 5. The van der Waals surface area contributed by atoms with Crippen LogP contribution >= 0.6 is 0 Å². The molecule has 4 heteroatoms. The van der Waals surface area contributed by atoms with E-state index in [1.54, 1.807) is 6.92 Å². The molecule has 4 nitrogen and oxygen atoms in total. The fourth-order valence-electron chi connectivity index (χ4n) is 2.22. The Labute approximate surface area is 115 Å². The maximum atomic E-state index is 11.6. The minimum absolute atomic E-state index is 0.243. The van der Waals surface area contributed by atoms with Crippen molar-refractivity contribution in [3.63, 3.8) is 0 Å². The predicted octanol–water partition coefficient (Wildman–Crippen LogP) is 3.01. The summed E-state index contributed by atoms with van der Waals surface area (Å²) in [6.45, 7) is 7.70. The molecule has 1 aliphatic carbocycles. The van der Waals surface area contributed by atoms with Gasteiger partial charge in [0, 0.05) is 6.42 Å². The molecule has 0 bridgehead atoms. The Hall–Kier alpha value is -1.32. The summed E-state index contributed by atoms with van der Waals surface area (Å²) in [6.07, 6.45) is 5.30. The van der Waals surface area contributed by atoms with Gasteiger partial charge < -0.3 is 9.47 Å². The molecule has 0 aromatic carbocycles. The van der Waals surface area contributed by atoms with Crippen LogP contribution in [0.25, 0.3) is 0 Å². The fraction of sp³-hybridized carbons (Fsp3) is 0.733. The maximum Gasteiger partial charge on any atom is 0.344 e. The van der Waals surface area contributed by atoms with Crippen molar-refractivity contribution in [1.82, 2.24) is 0 Å². The largest absolute Gasteiger partial charge is 0.456 e. The molecule has 0 N–H and O–H groups in total. The Morgan fingerprint density at radius 3 is 2.63 bits per heavy atom. The predicted molar refractivity (Wildman–Crippen MR) is 72.5 cm³/mol. The second-order valence-corrected chi connectivity index (χ2v) is 5.81. The third-order valence-electron chi connectivity index (χ3n) is 3.38. The third-order valence-corrected chi connectivity index (χ3v) is 3.38. The zero-order valence-corrected chi connectivity index (χ0v) is 12.3. The van der Waals surface area contributed by atoms with E-state index >= 15 is 0 Å². The highest BCUT2D eigenvalue weighted by atomic mass is 16.6. The minimum atomic E-state index is -0.487. The summed E-state index contributed by atoms with van der Waals surface area (Å²) in [4.78, 5) is 22.5. The zero-order valence-electron chi connectivity index (χ0n) is 12.3. The highest BCUT2D eigenvalue weighted by Crippen LogP contribution is 2.36. The Kier molecular flexibility index (Phi) is 5.58. The second-order valence-electron chi connectivity index (χ2n) is 5.81. The van der Waals surface area contributed by atoms with Gasteiger partial charge in [0.05, 0.1) is 0 Å². The molecule has 1 rings (SSSR count). The number of allylic oxidation sites excluding steroid dienone is 1. The molecule has 0 radical (unpaired) electrons. The van der Waals surface area contributed by atoms with Crippen molar-refractivity contribution in [2.24, 2.45) is 5.41 Å². The number of esters is 2. The summed E-state index contributed by atoms with van der Waals surface area (Å²) < 4.78 is 10.0. The molecule has 0 spiro atoms. The van der Waals surface area contributed by atoms with E-state index in [1.807, 2.05) is 6.92 Å². The molecule has 0 aromatic rings. The van der Waals surface area contributed by atoms with Crippen molar-refractivity contribution >= 4 is 11.9 Å². The molecule has 19 heavy (non-hydrogen) atoms. The van der Waals surface area contributed by atoms with Gasteiger partial charge in [-0.05, 0) is 37.2 Å². The summed E-state index contributed by atoms with van der Waals surface area (Å²) >= 11 is 0. The van der Waals surface area contributed by atoms with Gasteiger partial charge in [0.25, 0.3) is 0 Å². The average molecular weight is 268 g/mol. The van der Waals surface area contributed by atoms with Crippen LogP contribution in [0.3, 0.4) is 0 Å². The van der Waals surface area contributed by atoms with Crippen LogP contribution in [0.5, 0.6) is 0 Å². The van der Waals surface area contributed by atoms with E-state index < -0.39 is 5.97 Å². The van der Waals surface area contributed by atoms with Gasteiger partial charge >= 0.3 is 11.9 Å². The van der Waals surface area contributed by atoms with Crippen LogP contribution in [-0.4, -0.2) is 24.6 Å². The molecule has 0 fully saturated rings. The molecule has 0 saturated heterocycles. The van der Waals surface area contributed by atoms with Crippen LogP contribution in [0, 0.1) is 5.41 Å². The maximum absolute atomic E-state index is 11.6. The summed E-state index contributed by atoms with van der Waals surface area (Å²) in [6, 6.07) is 0. The van der Waals surface area contributed by atoms with Crippen molar-refractivity contribution in [1.29, 1.82) is 0 Å². The average Bonchev–Trinajstić information content (AvgIpc) is 2.34. The van der Waals surface area contributed by atoms with Gasteiger partial charge in [-0.3, -0.25) is 4.79 Å². The van der Waals surface area contributed by atoms with Crippen molar-refractivity contribution in [2.75, 3.05) is 6.61 Å². The SMILES string of the molecule is CCC(=O)OCC(=O)OC(C)C1=CCCC(C)(C)C1. The van der Waals surface area contributed by atoms with E-state index in [0.29, 0.717) is 0 Å². The van der Waals surface area contributed by atoms with Crippen molar-refractivity contribution in [3.05, 3.63) is 11.6 Å². The van der Waals surface area contributed by atoms with Crippen molar-refractivity contribution in [2.45, 2.75) is 59.5 Å². The van der Waals surface area contributed by atoms with E-state index in [0.717, 1.165) is 24.8 Å². The molecular weight excluding hydrogens is 244 g/mol. The van der Waals surface area contributed by atoms with E-state index in [-0.39, 0.29) is 30.5 Å². The lowest BCUT2D eigenvalue weighted by atomic mass is 9.76. The normalized spacial score (nSPS) is 19.3. The molecule has 1 atom stereocenters. The lowest BCUT2D eigenvalue weighted by Crippen LogP contribution is -2.26. The minimum Gasteiger partial charge on any atom is -0.456 e. The van der Waals surface area contributed by atoms with E-state index in [2.05, 4.69) is 19.9 Å². The quantitative estimate of drug-likeness (QED) is 0.568. The van der Waals surface area contributed by atoms with Crippen molar-refractivity contribution < 1.29 is 19.1 Å². The summed E-state index contributed by atoms with van der Waals surface area (Å²) in [7, 11) is 0. The first kappa shape index (κ1) is 15.7. The third kappa shape index (κ3) is 5.45. The Morgan fingerprint density at radius 1 is 1.37 bits per heavy atom. The molecular formula is C15H24O4. The van der Waals surface area contributed by atoms with E-state index in [9.17, 15) is 9.59 Å². The number of ether oxygens (including phenoxy) is 2. The van der Waals surface area contributed by atoms with Crippen molar-refractivity contribution in [3.8, 4) is 0 Å². The van der Waals surface area contributed by atoms with E-state index in [4.69, 9.17) is 9.47 Å². The molecule has 1 aliphatic rings. The fourth-order valence-corrected chi connectivity index (χ4v) is 2.22. The van der Waals surface area contributed by atoms with E-state index in [1.165, 1.54) is 0 Å². The standard InChI is InChI=1S/C15H24O4/c1-5-13(16)18-10-14(17)19-11(2)12-7-6-8-15(3,4)9-12/h7,11H,5-6,8-10H2,1-4H3. The van der Waals surface area contributed by atoms with Gasteiger partial charge in [0.2, 0.25) is 0 Å². The second kappa shape index (κ2) is 6.73. The van der Waals surface area contributed by atoms with Gasteiger partial charge in [0.1, 0.15) is 6.10 Å². The smallest absolute Gasteiger partial charge is 0.344 e. The molecule has 0 aromatic heterocycles. The highest BCUT2D eigenvalue weighted by Gasteiger charge is 2.26. The summed E-state index contributed by atoms with van der Waals surface area (Å²) in [5.74, 6) is -0.874. The molecule has 0 aliphatic heterocycles. The molecule has 0 amide bonds. The van der Waals surface area contributed by atoms with Crippen LogP contribution in [0.4, 0.5) is 0 Å². The van der Waals surface area contributed by atoms with Crippen LogP contribution < -0.4 is 0 Å². The summed E-state index contributed by atoms with van der Waals surface area (Å²) in [5, 5.41) is 0. The highest BCUT2D eigenvalue weighted by molar-refractivity contribution is 5.76. The van der Waals surface area contributed by atoms with Gasteiger partial charge in [-0.25, -0.2) is 4.79 Å². The number of carbonyl (C=O) groups is 2. The summed E-state index contributed by atoms with van der Waals surface area (Å²) in [5.41, 5.74) is 1.42. The molecule has 108 valence electrons. The topological polar surface area (TPSA) is 52.6 Å². The van der Waals surface area contributed by atoms with Gasteiger partial charge in [0.15, 0.2) is 6.61 Å². The Bertz CT molecular complexity index is 368. The number of carbonyl (C=O) groups excluding carboxylic acids is 2. The molecule has 1 unspecified atom stereocenters. The zero-order chi connectivity index (χ0) is 14.5. The van der Waals surface area contributed by atoms with Gasteiger partial charge in [-0.15, -0.1) is 0 Å². The van der Waals surface area contributed by atoms with Crippen LogP contribution in [0.1, 0.15) is 53.4 Å². The van der Waals surface area contributed by atoms with Crippen LogP contribution in [0.2, 0.25) is 0 Å². The monoisotopic (exact) mass is 268 g/mol.